The summed E-state index contributed by atoms with van der Waals surface area (Å²) >= 11 is 5.94. The van der Waals surface area contributed by atoms with E-state index in [-0.39, 0.29) is 5.91 Å². The van der Waals surface area contributed by atoms with E-state index in [1.165, 1.54) is 6.08 Å². The van der Waals surface area contributed by atoms with Gasteiger partial charge in [-0.25, -0.2) is 0 Å². The second-order valence-electron chi connectivity index (χ2n) is 5.35. The molecule has 1 N–H and O–H groups in total. The third-order valence-corrected chi connectivity index (χ3v) is 3.75. The summed E-state index contributed by atoms with van der Waals surface area (Å²) in [6.45, 7) is 3.01. The number of carbonyl (C=O) groups excluding carboxylic acids is 1. The molecule has 0 saturated heterocycles. The highest BCUT2D eigenvalue weighted by Crippen LogP contribution is 2.28. The highest BCUT2D eigenvalue weighted by atomic mass is 35.5. The predicted molar refractivity (Wildman–Crippen MR) is 101 cm³/mol. The van der Waals surface area contributed by atoms with Crippen molar-refractivity contribution in [3.63, 3.8) is 0 Å². The Kier molecular flexibility index (Phi) is 7.36. The normalized spacial score (nSPS) is 10.7. The smallest absolute Gasteiger partial charge is 0.244 e. The summed E-state index contributed by atoms with van der Waals surface area (Å²) in [5.41, 5.74) is 1.96. The second kappa shape index (κ2) is 9.74. The fourth-order valence-electron chi connectivity index (χ4n) is 2.32. The lowest BCUT2D eigenvalue weighted by molar-refractivity contribution is -0.116. The van der Waals surface area contributed by atoms with Crippen LogP contribution in [0.5, 0.6) is 11.5 Å². The van der Waals surface area contributed by atoms with Gasteiger partial charge in [0.05, 0.1) is 13.7 Å². The first-order valence-corrected chi connectivity index (χ1v) is 8.51. The summed E-state index contributed by atoms with van der Waals surface area (Å²) in [6, 6.07) is 13.2. The quantitative estimate of drug-likeness (QED) is 0.721. The van der Waals surface area contributed by atoms with Gasteiger partial charge in [0.2, 0.25) is 5.91 Å². The average Bonchev–Trinajstić information content (AvgIpc) is 2.60. The summed E-state index contributed by atoms with van der Waals surface area (Å²) in [7, 11) is 1.60. The van der Waals surface area contributed by atoms with Crippen LogP contribution in [0.4, 0.5) is 0 Å². The summed E-state index contributed by atoms with van der Waals surface area (Å²) < 4.78 is 10.8. The Morgan fingerprint density at radius 1 is 1.20 bits per heavy atom. The first kappa shape index (κ1) is 18.9. The summed E-state index contributed by atoms with van der Waals surface area (Å²) in [4.78, 5) is 11.9. The lowest BCUT2D eigenvalue weighted by Gasteiger charge is -2.09. The Morgan fingerprint density at radius 2 is 2.04 bits per heavy atom. The first-order valence-electron chi connectivity index (χ1n) is 8.13. The number of rotatable bonds is 8. The van der Waals surface area contributed by atoms with Crippen LogP contribution in [0.1, 0.15) is 18.1 Å². The molecule has 0 unspecified atom stereocenters. The molecule has 0 aliphatic rings. The minimum Gasteiger partial charge on any atom is -0.493 e. The van der Waals surface area contributed by atoms with Crippen LogP contribution < -0.4 is 14.8 Å². The molecule has 2 aromatic rings. The van der Waals surface area contributed by atoms with Crippen molar-refractivity contribution in [2.75, 3.05) is 20.3 Å². The lowest BCUT2D eigenvalue weighted by Crippen LogP contribution is -2.23. The van der Waals surface area contributed by atoms with Crippen molar-refractivity contribution in [2.24, 2.45) is 0 Å². The highest BCUT2D eigenvalue weighted by Gasteiger charge is 2.04. The first-order chi connectivity index (χ1) is 12.1. The maximum atomic E-state index is 11.9. The number of ether oxygens (including phenoxy) is 2. The number of halogens is 1. The van der Waals surface area contributed by atoms with Crippen molar-refractivity contribution < 1.29 is 14.3 Å². The molecule has 0 bridgehead atoms. The minimum absolute atomic E-state index is 0.143. The molecule has 0 radical (unpaired) electrons. The topological polar surface area (TPSA) is 47.6 Å². The average molecular weight is 360 g/mol. The van der Waals surface area contributed by atoms with Crippen molar-refractivity contribution in [3.05, 3.63) is 64.7 Å². The molecule has 2 rings (SSSR count). The number of methoxy groups -OCH3 is 1. The van der Waals surface area contributed by atoms with Gasteiger partial charge >= 0.3 is 0 Å². The van der Waals surface area contributed by atoms with Crippen molar-refractivity contribution in [1.29, 1.82) is 0 Å². The van der Waals surface area contributed by atoms with Crippen LogP contribution in [0.25, 0.3) is 6.08 Å². The van der Waals surface area contributed by atoms with Crippen molar-refractivity contribution in [2.45, 2.75) is 13.3 Å². The van der Waals surface area contributed by atoms with Gasteiger partial charge in [-0.3, -0.25) is 4.79 Å². The van der Waals surface area contributed by atoms with Gasteiger partial charge in [-0.05, 0) is 54.8 Å². The van der Waals surface area contributed by atoms with Crippen LogP contribution in [0.3, 0.4) is 0 Å². The molecular weight excluding hydrogens is 338 g/mol. The standard InChI is InChI=1S/C20H22ClNO3/c1-3-25-19-14-16(7-9-18(19)24-2)8-10-20(23)22-12-11-15-5-4-6-17(21)13-15/h4-10,13-14H,3,11-12H2,1-2H3,(H,22,23)/b10-8+. The second-order valence-corrected chi connectivity index (χ2v) is 5.78. The summed E-state index contributed by atoms with van der Waals surface area (Å²) in [5, 5.41) is 3.56. The Bertz CT molecular complexity index is 743. The molecule has 0 atom stereocenters. The third kappa shape index (κ3) is 6.16. The van der Waals surface area contributed by atoms with Crippen LogP contribution >= 0.6 is 11.6 Å². The van der Waals surface area contributed by atoms with E-state index in [2.05, 4.69) is 5.32 Å². The summed E-state index contributed by atoms with van der Waals surface area (Å²) in [5.74, 6) is 1.19. The number of nitrogens with one attached hydrogen (secondary N) is 1. The van der Waals surface area contributed by atoms with Crippen LogP contribution in [0.2, 0.25) is 5.02 Å². The lowest BCUT2D eigenvalue weighted by atomic mass is 10.1. The van der Waals surface area contributed by atoms with Gasteiger partial charge in [-0.1, -0.05) is 29.8 Å². The Labute approximate surface area is 153 Å². The molecule has 1 amide bonds. The molecule has 25 heavy (non-hydrogen) atoms. The zero-order valence-electron chi connectivity index (χ0n) is 14.4. The van der Waals surface area contributed by atoms with Crippen molar-refractivity contribution in [1.82, 2.24) is 5.32 Å². The fourth-order valence-corrected chi connectivity index (χ4v) is 2.53. The molecule has 0 aromatic heterocycles. The van der Waals surface area contributed by atoms with E-state index in [9.17, 15) is 4.79 Å². The monoisotopic (exact) mass is 359 g/mol. The van der Waals surface area contributed by atoms with Gasteiger partial charge in [-0.15, -0.1) is 0 Å². The summed E-state index contributed by atoms with van der Waals surface area (Å²) in [6.07, 6.45) is 3.99. The van der Waals surface area contributed by atoms with Gasteiger partial charge < -0.3 is 14.8 Å². The Morgan fingerprint density at radius 3 is 2.76 bits per heavy atom. The molecule has 132 valence electrons. The molecule has 2 aromatic carbocycles. The molecule has 0 aliphatic carbocycles. The maximum Gasteiger partial charge on any atom is 0.244 e. The van der Waals surface area contributed by atoms with E-state index in [1.54, 1.807) is 13.2 Å². The van der Waals surface area contributed by atoms with E-state index in [0.29, 0.717) is 29.7 Å². The molecule has 4 nitrogen and oxygen atoms in total. The SMILES string of the molecule is CCOc1cc(/C=C/C(=O)NCCc2cccc(Cl)c2)ccc1OC. The van der Waals surface area contributed by atoms with Crippen LogP contribution in [-0.2, 0) is 11.2 Å². The van der Waals surface area contributed by atoms with Crippen LogP contribution in [0.15, 0.2) is 48.5 Å². The number of hydrogen-bond acceptors (Lipinski definition) is 3. The molecule has 0 saturated carbocycles. The van der Waals surface area contributed by atoms with E-state index in [1.807, 2.05) is 49.4 Å². The van der Waals surface area contributed by atoms with E-state index >= 15 is 0 Å². The van der Waals surface area contributed by atoms with E-state index < -0.39 is 0 Å². The maximum absolute atomic E-state index is 11.9. The highest BCUT2D eigenvalue weighted by molar-refractivity contribution is 6.30. The van der Waals surface area contributed by atoms with Gasteiger partial charge in [0, 0.05) is 17.6 Å². The minimum atomic E-state index is -0.143. The van der Waals surface area contributed by atoms with Crippen LogP contribution in [0, 0.1) is 0 Å². The molecule has 0 fully saturated rings. The van der Waals surface area contributed by atoms with Crippen molar-refractivity contribution in [3.8, 4) is 11.5 Å². The molecule has 5 heteroatoms. The van der Waals surface area contributed by atoms with E-state index in [4.69, 9.17) is 21.1 Å². The number of carbonyl (C=O) groups is 1. The van der Waals surface area contributed by atoms with Crippen LogP contribution in [-0.4, -0.2) is 26.2 Å². The number of benzene rings is 2. The predicted octanol–water partition coefficient (Wildman–Crippen LogP) is 4.12. The molecular formula is C20H22ClNO3. The van der Waals surface area contributed by atoms with Gasteiger partial charge in [0.25, 0.3) is 0 Å². The van der Waals surface area contributed by atoms with E-state index in [0.717, 1.165) is 17.5 Å². The molecule has 0 aliphatic heterocycles. The largest absolute Gasteiger partial charge is 0.493 e. The third-order valence-electron chi connectivity index (χ3n) is 3.52. The number of hydrogen-bond donors (Lipinski definition) is 1. The Balaban J connectivity index is 1.88. The van der Waals surface area contributed by atoms with Gasteiger partial charge in [-0.2, -0.15) is 0 Å². The van der Waals surface area contributed by atoms with Gasteiger partial charge in [0.15, 0.2) is 11.5 Å². The fraction of sp³-hybridized carbons (Fsp3) is 0.250. The van der Waals surface area contributed by atoms with Crippen molar-refractivity contribution >= 4 is 23.6 Å². The Hall–Kier alpha value is -2.46. The van der Waals surface area contributed by atoms with Gasteiger partial charge in [0.1, 0.15) is 0 Å². The number of amides is 1. The molecule has 0 heterocycles. The molecule has 0 spiro atoms. The zero-order valence-corrected chi connectivity index (χ0v) is 15.2. The zero-order chi connectivity index (χ0) is 18.1.